The molecule has 5 aromatic rings. The van der Waals surface area contributed by atoms with E-state index in [1.807, 2.05) is 0 Å². The predicted molar refractivity (Wildman–Crippen MR) is 270 cm³/mol. The fourth-order valence-electron chi connectivity index (χ4n) is 9.27. The Morgan fingerprint density at radius 3 is 2.24 bits per heavy atom. The van der Waals surface area contributed by atoms with E-state index in [0.29, 0.717) is 77.2 Å². The summed E-state index contributed by atoms with van der Waals surface area (Å²) in [6.45, 7) is 1.49. The molecule has 0 bridgehead atoms. The zero-order chi connectivity index (χ0) is 50.7. The molecular formula is C48H50N8O12S4. The lowest BCUT2D eigenvalue weighted by molar-refractivity contribution is -0.124. The molecule has 72 heavy (non-hydrogen) atoms. The second-order valence-electron chi connectivity index (χ2n) is 17.2. The number of amides is 3. The highest BCUT2D eigenvalue weighted by atomic mass is 32.2. The number of phenols is 2. The van der Waals surface area contributed by atoms with Gasteiger partial charge in [0.2, 0.25) is 27.7 Å². The minimum Gasteiger partial charge on any atom is -0.508 e. The molecule has 1 spiro atoms. The van der Waals surface area contributed by atoms with Crippen LogP contribution in [0.2, 0.25) is 0 Å². The van der Waals surface area contributed by atoms with E-state index in [9.17, 15) is 37.8 Å². The van der Waals surface area contributed by atoms with E-state index in [-0.39, 0.29) is 63.1 Å². The maximum atomic E-state index is 14.2. The summed E-state index contributed by atoms with van der Waals surface area (Å²) in [5, 5.41) is 42.3. The Balaban J connectivity index is 0.774. The lowest BCUT2D eigenvalue weighted by Gasteiger charge is -2.36. The number of hydrogen-bond acceptors (Lipinski definition) is 17. The Morgan fingerprint density at radius 2 is 1.56 bits per heavy atom. The summed E-state index contributed by atoms with van der Waals surface area (Å²) in [5.74, 6) is -0.412. The van der Waals surface area contributed by atoms with Crippen LogP contribution in [-0.4, -0.2) is 137 Å². The van der Waals surface area contributed by atoms with Gasteiger partial charge in [0.15, 0.2) is 10.7 Å². The molecule has 4 aliphatic heterocycles. The van der Waals surface area contributed by atoms with Gasteiger partial charge in [-0.2, -0.15) is 16.1 Å². The van der Waals surface area contributed by atoms with E-state index in [2.05, 4.69) is 31.5 Å². The number of hydrogen-bond donors (Lipinski definition) is 6. The quantitative estimate of drug-likeness (QED) is 0.0434. The summed E-state index contributed by atoms with van der Waals surface area (Å²) < 4.78 is 51.2. The second kappa shape index (κ2) is 21.2. The highest BCUT2D eigenvalue weighted by Crippen LogP contribution is 2.57. The first-order valence-electron chi connectivity index (χ1n) is 23.0. The Kier molecular flexibility index (Phi) is 14.8. The zero-order valence-electron chi connectivity index (χ0n) is 39.0. The zero-order valence-corrected chi connectivity index (χ0v) is 42.2. The molecule has 0 radical (unpaired) electrons. The number of esters is 1. The molecule has 0 saturated carbocycles. The molecule has 2 aromatic heterocycles. The first kappa shape index (κ1) is 50.2. The van der Waals surface area contributed by atoms with E-state index in [1.165, 1.54) is 59.8 Å². The lowest BCUT2D eigenvalue weighted by Crippen LogP contribution is -2.46. The third-order valence-electron chi connectivity index (χ3n) is 12.7. The summed E-state index contributed by atoms with van der Waals surface area (Å²) in [6, 6.07) is 15.5. The molecule has 3 amide bonds. The molecule has 2 saturated heterocycles. The number of sulfonamides is 1. The van der Waals surface area contributed by atoms with Gasteiger partial charge in [0.25, 0.3) is 11.8 Å². The van der Waals surface area contributed by atoms with Crippen LogP contribution in [0.5, 0.6) is 34.8 Å². The van der Waals surface area contributed by atoms with Gasteiger partial charge in [-0.05, 0) is 79.3 Å². The minimum absolute atomic E-state index is 0.00784. The van der Waals surface area contributed by atoms with Gasteiger partial charge in [0, 0.05) is 90.8 Å². The van der Waals surface area contributed by atoms with Crippen molar-refractivity contribution >= 4 is 79.8 Å². The van der Waals surface area contributed by atoms with Crippen LogP contribution in [0.4, 0.5) is 5.69 Å². The molecular weight excluding hydrogens is 1010 g/mol. The minimum atomic E-state index is -3.92. The van der Waals surface area contributed by atoms with Crippen LogP contribution < -0.4 is 35.5 Å². The molecule has 2 atom stereocenters. The van der Waals surface area contributed by atoms with Crippen molar-refractivity contribution in [2.45, 2.75) is 54.7 Å². The van der Waals surface area contributed by atoms with Crippen LogP contribution >= 0.6 is 35.3 Å². The number of fused-ring (bicyclic) bond motifs is 6. The highest BCUT2D eigenvalue weighted by Gasteiger charge is 2.54. The number of unbranched alkanes of at least 4 members (excludes halogenated alkanes) is 3. The number of benzene rings is 3. The Labute approximate surface area is 427 Å². The number of nitrogens with zero attached hydrogens (tertiary/aromatic N) is 4. The Bertz CT molecular complexity index is 3010. The van der Waals surface area contributed by atoms with E-state index in [0.717, 1.165) is 30.6 Å². The molecule has 24 heteroatoms. The summed E-state index contributed by atoms with van der Waals surface area (Å²) in [5.41, 5.74) is 1.10. The Morgan fingerprint density at radius 1 is 0.875 bits per heavy atom. The van der Waals surface area contributed by atoms with Crippen molar-refractivity contribution < 1.29 is 56.8 Å². The van der Waals surface area contributed by atoms with Gasteiger partial charge < -0.3 is 55.3 Å². The monoisotopic (exact) mass is 1060 g/mol. The topological polar surface area (TPSA) is 260 Å². The van der Waals surface area contributed by atoms with Crippen molar-refractivity contribution in [2.75, 3.05) is 63.8 Å². The number of thiocarbonyl (C=S) groups is 1. The van der Waals surface area contributed by atoms with Gasteiger partial charge in [0.05, 0.1) is 19.8 Å². The number of carbonyl (C=O) groups excluding carboxylic acids is 4. The van der Waals surface area contributed by atoms with Crippen molar-refractivity contribution in [1.29, 1.82) is 0 Å². The first-order chi connectivity index (χ1) is 34.7. The smallest absolute Gasteiger partial charge is 0.340 e. The predicted octanol–water partition coefficient (Wildman–Crippen LogP) is 4.95. The number of anilines is 1. The van der Waals surface area contributed by atoms with Crippen LogP contribution in [0.1, 0.15) is 79.2 Å². The third kappa shape index (κ3) is 9.92. The maximum absolute atomic E-state index is 14.2. The van der Waals surface area contributed by atoms with E-state index >= 15 is 0 Å². The molecule has 4 aliphatic rings. The van der Waals surface area contributed by atoms with Gasteiger partial charge in [0.1, 0.15) is 44.4 Å². The summed E-state index contributed by atoms with van der Waals surface area (Å²) in [4.78, 5) is 56.6. The van der Waals surface area contributed by atoms with E-state index in [1.54, 1.807) is 47.5 Å². The van der Waals surface area contributed by atoms with Gasteiger partial charge >= 0.3 is 5.97 Å². The number of rotatable bonds is 16. The molecule has 378 valence electrons. The number of likely N-dealkylation sites (tertiary alicyclic amines) is 1. The van der Waals surface area contributed by atoms with Crippen molar-refractivity contribution in [3.63, 3.8) is 0 Å². The van der Waals surface area contributed by atoms with Gasteiger partial charge in [-0.25, -0.2) is 13.2 Å². The van der Waals surface area contributed by atoms with Gasteiger partial charge in [-0.3, -0.25) is 14.4 Å². The number of thiophene rings is 1. The molecule has 6 heterocycles. The number of aromatic nitrogens is 2. The molecule has 3 aromatic carbocycles. The number of methoxy groups -OCH3 is 2. The van der Waals surface area contributed by atoms with E-state index in [4.69, 9.17) is 31.2 Å². The normalized spacial score (nSPS) is 17.7. The number of aromatic hydroxyl groups is 2. The average Bonchev–Trinajstić information content (AvgIpc) is 4.12. The summed E-state index contributed by atoms with van der Waals surface area (Å²) in [6.07, 6.45) is 3.02. The second-order valence-corrected chi connectivity index (χ2v) is 21.7. The van der Waals surface area contributed by atoms with Crippen molar-refractivity contribution in [3.05, 3.63) is 105 Å². The molecule has 2 fully saturated rings. The molecule has 0 unspecified atom stereocenters. The number of phenolic OH excluding ortho intramolecular Hbond substituents is 2. The number of thioether (sulfide) groups is 1. The first-order valence-corrected chi connectivity index (χ1v) is 26.9. The standard InChI is InChI=1S/C48H50N8O12S4/c1-65-40-25-32(44(66-2)54-53-40)45(61)56-26-28(51-43(60)41-39(13-18-71-41)72(63,64)55-16-19-70-20-17-55)22-36(56)42(59)49-14-5-3-4-6-15-50-47(69)52-27-7-10-33-31(21-27)46(62)68-48(33)34-11-8-29(57)23-37(34)67-38-24-30(58)9-12-35(38)48/h7-13,18,21,23-25,28,36,57-58H,3-6,14-17,19-20,22,26H2,1-2H3,(H,49,59)(H,51,60)(H2,50,52,69)/t28-,36-/m0/s1. The van der Waals surface area contributed by atoms with Crippen LogP contribution in [0.15, 0.2) is 77.0 Å². The van der Waals surface area contributed by atoms with Crippen LogP contribution in [0.3, 0.4) is 0 Å². The van der Waals surface area contributed by atoms with Gasteiger partial charge in [-0.1, -0.05) is 18.9 Å². The number of ether oxygens (including phenoxy) is 4. The SMILES string of the molecule is COc1cc(C(=O)N2C[C@@H](NC(=O)c3sccc3S(=O)(=O)N3CCSCC3)C[C@H]2C(=O)NCCCCCCNC(=S)Nc2ccc3c(c2)C(=O)OC32c3ccc(O)cc3Oc3cc(O)ccc32)c(OC)nn1. The maximum Gasteiger partial charge on any atom is 0.340 e. The van der Waals surface area contributed by atoms with Crippen LogP contribution in [0.25, 0.3) is 0 Å². The fraction of sp³-hybridized carbons (Fsp3) is 0.354. The molecule has 0 aliphatic carbocycles. The fourth-order valence-corrected chi connectivity index (χ4v) is 13.4. The molecule has 6 N–H and O–H groups in total. The largest absolute Gasteiger partial charge is 0.508 e. The summed E-state index contributed by atoms with van der Waals surface area (Å²) in [7, 11) is -1.21. The third-order valence-corrected chi connectivity index (χ3v) is 16.9. The highest BCUT2D eigenvalue weighted by molar-refractivity contribution is 7.99. The van der Waals surface area contributed by atoms with Crippen molar-refractivity contribution in [2.24, 2.45) is 0 Å². The number of carbonyl (C=O) groups is 4. The van der Waals surface area contributed by atoms with Crippen molar-refractivity contribution in [3.8, 4) is 34.8 Å². The number of nitrogens with one attached hydrogen (secondary N) is 4. The molecule has 20 nitrogen and oxygen atoms in total. The molecule has 9 rings (SSSR count). The van der Waals surface area contributed by atoms with Crippen LogP contribution in [0, 0.1) is 0 Å². The average molecular weight is 1060 g/mol. The van der Waals surface area contributed by atoms with E-state index < -0.39 is 51.4 Å². The lowest BCUT2D eigenvalue weighted by atomic mass is 9.77. The van der Waals surface area contributed by atoms with Crippen molar-refractivity contribution in [1.82, 2.24) is 35.4 Å². The summed E-state index contributed by atoms with van der Waals surface area (Å²) >= 11 is 8.25. The van der Waals surface area contributed by atoms with Gasteiger partial charge in [-0.15, -0.1) is 21.5 Å². The van der Waals surface area contributed by atoms with Crippen LogP contribution in [-0.2, 0) is 25.2 Å². The Hall–Kier alpha value is -6.73.